The number of fused-ring (bicyclic) bond motifs is 1. The van der Waals surface area contributed by atoms with E-state index >= 15 is 0 Å². The average molecular weight is 361 g/mol. The van der Waals surface area contributed by atoms with Crippen molar-refractivity contribution in [3.8, 4) is 5.75 Å². The minimum atomic E-state index is 0.403. The summed E-state index contributed by atoms with van der Waals surface area (Å²) in [6, 6.07) is 10.8. The summed E-state index contributed by atoms with van der Waals surface area (Å²) in [5.41, 5.74) is 1.26. The summed E-state index contributed by atoms with van der Waals surface area (Å²) in [6.45, 7) is 4.47. The second-order valence-corrected chi connectivity index (χ2v) is 7.52. The van der Waals surface area contributed by atoms with E-state index in [0.29, 0.717) is 6.10 Å². The van der Waals surface area contributed by atoms with Crippen molar-refractivity contribution in [3.05, 3.63) is 40.4 Å². The van der Waals surface area contributed by atoms with Gasteiger partial charge in [-0.1, -0.05) is 47.8 Å². The molecule has 1 nitrogen and oxygen atoms in total. The van der Waals surface area contributed by atoms with Gasteiger partial charge < -0.3 is 4.74 Å². The molecule has 0 saturated heterocycles. The molecule has 0 atom stereocenters. The monoisotopic (exact) mass is 360 g/mol. The Labute approximate surface area is 142 Å². The summed E-state index contributed by atoms with van der Waals surface area (Å²) in [5.74, 6) is 1.99. The SMILES string of the molecule is CCCC1CCC(Oc2ccc3cc(Br)ccc3c2C)CC1. The molecule has 2 aromatic carbocycles. The summed E-state index contributed by atoms with van der Waals surface area (Å²) >= 11 is 3.54. The van der Waals surface area contributed by atoms with Gasteiger partial charge in [-0.3, -0.25) is 0 Å². The van der Waals surface area contributed by atoms with Gasteiger partial charge in [-0.25, -0.2) is 0 Å². The van der Waals surface area contributed by atoms with Gasteiger partial charge in [0.2, 0.25) is 0 Å². The van der Waals surface area contributed by atoms with E-state index in [1.807, 2.05) is 0 Å². The number of ether oxygens (including phenoxy) is 1. The van der Waals surface area contributed by atoms with Gasteiger partial charge in [0, 0.05) is 4.47 Å². The van der Waals surface area contributed by atoms with Crippen LogP contribution in [0, 0.1) is 12.8 Å². The molecule has 22 heavy (non-hydrogen) atoms. The van der Waals surface area contributed by atoms with E-state index in [4.69, 9.17) is 4.74 Å². The third kappa shape index (κ3) is 3.48. The largest absolute Gasteiger partial charge is 0.490 e. The lowest BCUT2D eigenvalue weighted by molar-refractivity contribution is 0.127. The zero-order valence-corrected chi connectivity index (χ0v) is 15.2. The molecule has 118 valence electrons. The van der Waals surface area contributed by atoms with Crippen molar-refractivity contribution in [1.29, 1.82) is 0 Å². The lowest BCUT2D eigenvalue weighted by atomic mass is 9.84. The molecule has 1 aliphatic rings. The molecule has 1 fully saturated rings. The molecule has 0 N–H and O–H groups in total. The molecule has 0 radical (unpaired) electrons. The van der Waals surface area contributed by atoms with E-state index in [2.05, 4.69) is 60.1 Å². The average Bonchev–Trinajstić information content (AvgIpc) is 2.52. The summed E-state index contributed by atoms with van der Waals surface area (Å²) < 4.78 is 7.47. The molecule has 0 unspecified atom stereocenters. The van der Waals surface area contributed by atoms with E-state index in [-0.39, 0.29) is 0 Å². The van der Waals surface area contributed by atoms with Crippen molar-refractivity contribution in [2.24, 2.45) is 5.92 Å². The molecule has 3 rings (SSSR count). The number of rotatable bonds is 4. The zero-order chi connectivity index (χ0) is 15.5. The van der Waals surface area contributed by atoms with Crippen molar-refractivity contribution in [3.63, 3.8) is 0 Å². The zero-order valence-electron chi connectivity index (χ0n) is 13.6. The predicted molar refractivity (Wildman–Crippen MR) is 97.7 cm³/mol. The first-order valence-electron chi connectivity index (χ1n) is 8.53. The molecule has 1 saturated carbocycles. The standard InChI is InChI=1S/C20H25BrO/c1-3-4-15-5-9-18(10-6-15)22-20-12-7-16-13-17(21)8-11-19(16)14(20)2/h7-8,11-13,15,18H,3-6,9-10H2,1-2H3. The molecule has 1 aliphatic carbocycles. The topological polar surface area (TPSA) is 9.23 Å². The highest BCUT2D eigenvalue weighted by Crippen LogP contribution is 2.34. The van der Waals surface area contributed by atoms with Crippen LogP contribution in [0.3, 0.4) is 0 Å². The highest BCUT2D eigenvalue weighted by molar-refractivity contribution is 9.10. The molecule has 0 bridgehead atoms. The van der Waals surface area contributed by atoms with E-state index in [1.165, 1.54) is 54.9 Å². The Hall–Kier alpha value is -1.02. The molecule has 0 heterocycles. The number of benzene rings is 2. The van der Waals surface area contributed by atoms with Gasteiger partial charge >= 0.3 is 0 Å². The molecule has 0 aromatic heterocycles. The van der Waals surface area contributed by atoms with Crippen LogP contribution in [-0.2, 0) is 0 Å². The first-order valence-corrected chi connectivity index (χ1v) is 9.32. The van der Waals surface area contributed by atoms with Crippen LogP contribution in [-0.4, -0.2) is 6.10 Å². The van der Waals surface area contributed by atoms with Gasteiger partial charge in [-0.05, 0) is 73.1 Å². The lowest BCUT2D eigenvalue weighted by Crippen LogP contribution is -2.24. The fourth-order valence-electron chi connectivity index (χ4n) is 3.69. The van der Waals surface area contributed by atoms with Crippen LogP contribution in [0.2, 0.25) is 0 Å². The Balaban J connectivity index is 1.72. The third-order valence-electron chi connectivity index (χ3n) is 4.99. The Kier molecular flexibility index (Phi) is 5.07. The predicted octanol–water partition coefficient (Wildman–Crippen LogP) is 6.65. The first-order chi connectivity index (χ1) is 10.7. The Morgan fingerprint density at radius 3 is 2.59 bits per heavy atom. The number of aryl methyl sites for hydroxylation is 1. The van der Waals surface area contributed by atoms with Crippen molar-refractivity contribution in [2.75, 3.05) is 0 Å². The molecule has 0 aliphatic heterocycles. The highest BCUT2D eigenvalue weighted by atomic mass is 79.9. The normalized spacial score (nSPS) is 22.0. The Morgan fingerprint density at radius 1 is 1.09 bits per heavy atom. The van der Waals surface area contributed by atoms with Crippen LogP contribution < -0.4 is 4.74 Å². The van der Waals surface area contributed by atoms with Crippen LogP contribution in [0.15, 0.2) is 34.8 Å². The van der Waals surface area contributed by atoms with E-state index in [9.17, 15) is 0 Å². The van der Waals surface area contributed by atoms with Gasteiger partial charge in [0.1, 0.15) is 5.75 Å². The number of halogens is 1. The van der Waals surface area contributed by atoms with Gasteiger partial charge in [0.05, 0.1) is 6.10 Å². The maximum absolute atomic E-state index is 6.34. The smallest absolute Gasteiger partial charge is 0.123 e. The van der Waals surface area contributed by atoms with Crippen LogP contribution >= 0.6 is 15.9 Å². The molecule has 2 aromatic rings. The molecular formula is C20H25BrO. The maximum atomic E-state index is 6.34. The van der Waals surface area contributed by atoms with Gasteiger partial charge in [0.25, 0.3) is 0 Å². The second-order valence-electron chi connectivity index (χ2n) is 6.60. The van der Waals surface area contributed by atoms with Crippen LogP contribution in [0.25, 0.3) is 10.8 Å². The summed E-state index contributed by atoms with van der Waals surface area (Å²) in [4.78, 5) is 0. The van der Waals surface area contributed by atoms with E-state index in [0.717, 1.165) is 16.1 Å². The minimum absolute atomic E-state index is 0.403. The number of hydrogen-bond acceptors (Lipinski definition) is 1. The Morgan fingerprint density at radius 2 is 1.86 bits per heavy atom. The summed E-state index contributed by atoms with van der Waals surface area (Å²) in [5, 5.41) is 2.56. The van der Waals surface area contributed by atoms with Crippen LogP contribution in [0.4, 0.5) is 0 Å². The van der Waals surface area contributed by atoms with Gasteiger partial charge in [-0.15, -0.1) is 0 Å². The highest BCUT2D eigenvalue weighted by Gasteiger charge is 2.22. The fourth-order valence-corrected chi connectivity index (χ4v) is 4.07. The quantitative estimate of drug-likeness (QED) is 0.592. The minimum Gasteiger partial charge on any atom is -0.490 e. The summed E-state index contributed by atoms with van der Waals surface area (Å²) in [7, 11) is 0. The second kappa shape index (κ2) is 7.04. The fraction of sp³-hybridized carbons (Fsp3) is 0.500. The lowest BCUT2D eigenvalue weighted by Gasteiger charge is -2.29. The van der Waals surface area contributed by atoms with Gasteiger partial charge in [0.15, 0.2) is 0 Å². The summed E-state index contributed by atoms with van der Waals surface area (Å²) in [6.07, 6.45) is 8.19. The number of hydrogen-bond donors (Lipinski definition) is 0. The van der Waals surface area contributed by atoms with Gasteiger partial charge in [-0.2, -0.15) is 0 Å². The molecule has 0 amide bonds. The van der Waals surface area contributed by atoms with E-state index in [1.54, 1.807) is 0 Å². The molecule has 0 spiro atoms. The third-order valence-corrected chi connectivity index (χ3v) is 5.48. The maximum Gasteiger partial charge on any atom is 0.123 e. The molecular weight excluding hydrogens is 336 g/mol. The van der Waals surface area contributed by atoms with Crippen molar-refractivity contribution < 1.29 is 4.74 Å². The van der Waals surface area contributed by atoms with E-state index < -0.39 is 0 Å². The van der Waals surface area contributed by atoms with Crippen LogP contribution in [0.5, 0.6) is 5.75 Å². The van der Waals surface area contributed by atoms with Crippen molar-refractivity contribution in [2.45, 2.75) is 58.5 Å². The first kappa shape index (κ1) is 15.9. The van der Waals surface area contributed by atoms with Crippen molar-refractivity contribution in [1.82, 2.24) is 0 Å². The van der Waals surface area contributed by atoms with Crippen LogP contribution in [0.1, 0.15) is 51.0 Å². The van der Waals surface area contributed by atoms with Crippen molar-refractivity contribution >= 4 is 26.7 Å². The Bertz CT molecular complexity index is 641. The molecule has 2 heteroatoms.